The first-order chi connectivity index (χ1) is 18.7. The van der Waals surface area contributed by atoms with Crippen molar-refractivity contribution in [2.45, 2.75) is 45.7 Å². The second kappa shape index (κ2) is 8.83. The van der Waals surface area contributed by atoms with Crippen molar-refractivity contribution in [2.75, 3.05) is 6.61 Å². The van der Waals surface area contributed by atoms with Crippen LogP contribution < -0.4 is 16.1 Å². The Labute approximate surface area is 224 Å². The monoisotopic (exact) mass is 527 g/mol. The summed E-state index contributed by atoms with van der Waals surface area (Å²) in [5.74, 6) is -1.68. The van der Waals surface area contributed by atoms with Gasteiger partial charge in [0.05, 0.1) is 30.3 Å². The smallest absolute Gasteiger partial charge is 0.352 e. The molecule has 1 aromatic heterocycles. The molecular weight excluding hydrogens is 498 g/mol. The largest absolute Gasteiger partial charge is 0.504 e. The van der Waals surface area contributed by atoms with E-state index >= 15 is 0 Å². The number of para-hydroxylation sites is 2. The van der Waals surface area contributed by atoms with Gasteiger partial charge < -0.3 is 9.84 Å². The van der Waals surface area contributed by atoms with E-state index in [-0.39, 0.29) is 36.0 Å². The highest BCUT2D eigenvalue weighted by atomic mass is 16.5. The average molecular weight is 528 g/mol. The highest BCUT2D eigenvalue weighted by Gasteiger charge is 2.60. The van der Waals surface area contributed by atoms with Gasteiger partial charge >= 0.3 is 11.4 Å². The minimum Gasteiger partial charge on any atom is -0.504 e. The predicted molar refractivity (Wildman–Crippen MR) is 143 cm³/mol. The maximum Gasteiger partial charge on any atom is 0.352 e. The number of hydrogen-bond donors (Lipinski definition) is 1. The first-order valence-electron chi connectivity index (χ1n) is 13.1. The highest BCUT2D eigenvalue weighted by molar-refractivity contribution is 6.13. The number of rotatable bonds is 4. The van der Waals surface area contributed by atoms with Gasteiger partial charge in [0.15, 0.2) is 23.1 Å². The fourth-order valence-electron chi connectivity index (χ4n) is 6.84. The van der Waals surface area contributed by atoms with Gasteiger partial charge in [-0.25, -0.2) is 23.5 Å². The number of aromatic nitrogens is 3. The van der Waals surface area contributed by atoms with Gasteiger partial charge in [0.1, 0.15) is 0 Å². The van der Waals surface area contributed by atoms with Crippen molar-refractivity contribution in [2.24, 2.45) is 11.3 Å². The van der Waals surface area contributed by atoms with Gasteiger partial charge in [-0.15, -0.1) is 0 Å². The number of fused-ring (bicyclic) bond motifs is 4. The number of carbonyl (C=O) groups is 2. The van der Waals surface area contributed by atoms with Gasteiger partial charge in [0.2, 0.25) is 0 Å². The zero-order chi connectivity index (χ0) is 27.6. The summed E-state index contributed by atoms with van der Waals surface area (Å²) in [6.45, 7) is 5.67. The Kier molecular flexibility index (Phi) is 5.64. The molecule has 2 aromatic carbocycles. The lowest BCUT2D eigenvalue weighted by molar-refractivity contribution is -0.139. The molecule has 0 unspecified atom stereocenters. The minimum absolute atomic E-state index is 0.101. The van der Waals surface area contributed by atoms with Crippen LogP contribution in [0.2, 0.25) is 0 Å². The Bertz CT molecular complexity index is 1710. The second-order valence-corrected chi connectivity index (χ2v) is 10.6. The third kappa shape index (κ3) is 3.38. The third-order valence-electron chi connectivity index (χ3n) is 8.56. The zero-order valence-electron chi connectivity index (χ0n) is 22.0. The topological polar surface area (TPSA) is 113 Å². The van der Waals surface area contributed by atoms with Crippen LogP contribution in [0.3, 0.4) is 0 Å². The zero-order valence-corrected chi connectivity index (χ0v) is 22.0. The molecule has 39 heavy (non-hydrogen) atoms. The van der Waals surface area contributed by atoms with Crippen molar-refractivity contribution < 1.29 is 19.4 Å². The third-order valence-corrected chi connectivity index (χ3v) is 8.56. The molecule has 1 fully saturated rings. The maximum atomic E-state index is 13.9. The van der Waals surface area contributed by atoms with Crippen molar-refractivity contribution in [1.29, 1.82) is 0 Å². The van der Waals surface area contributed by atoms with Crippen molar-refractivity contribution in [3.05, 3.63) is 98.4 Å². The van der Waals surface area contributed by atoms with Gasteiger partial charge in [0, 0.05) is 17.4 Å². The molecule has 1 aliphatic heterocycles. The van der Waals surface area contributed by atoms with Crippen molar-refractivity contribution in [3.8, 4) is 17.2 Å². The molecule has 9 nitrogen and oxygen atoms in total. The van der Waals surface area contributed by atoms with E-state index in [4.69, 9.17) is 4.74 Å². The number of ether oxygens (including phenoxy) is 1. The van der Waals surface area contributed by atoms with Gasteiger partial charge in [-0.1, -0.05) is 43.3 Å². The predicted octanol–water partition coefficient (Wildman–Crippen LogP) is 3.29. The molecule has 4 atom stereocenters. The number of allylic oxidation sites excluding steroid dienone is 4. The van der Waals surface area contributed by atoms with Gasteiger partial charge in [0.25, 0.3) is 0 Å². The standard InChI is InChI=1S/C30H29N3O6/c1-4-39-24-12-8-11-20(26(24)35)25-19-13-14-31-28(37)32(18-9-6-5-7-10-18)29(38)33(31)22(19)16-21-23(34)15-17(2)27(36)30(21,25)3/h5-13,15,21-22,25,35H,4,14,16H2,1-3H3/t21-,22+,25+,30+/m0/s1. The van der Waals surface area contributed by atoms with Gasteiger partial charge in [-0.05, 0) is 55.7 Å². The molecule has 2 heterocycles. The molecule has 2 aliphatic carbocycles. The molecule has 0 saturated heterocycles. The Morgan fingerprint density at radius 1 is 1.03 bits per heavy atom. The summed E-state index contributed by atoms with van der Waals surface area (Å²) in [6, 6.07) is 13.2. The Hall–Kier alpha value is -4.40. The van der Waals surface area contributed by atoms with Crippen molar-refractivity contribution in [3.63, 3.8) is 0 Å². The maximum absolute atomic E-state index is 13.9. The van der Waals surface area contributed by atoms with Crippen LogP contribution in [-0.4, -0.2) is 37.2 Å². The van der Waals surface area contributed by atoms with Crippen LogP contribution in [0.1, 0.15) is 44.7 Å². The van der Waals surface area contributed by atoms with Crippen molar-refractivity contribution in [1.82, 2.24) is 13.9 Å². The molecule has 200 valence electrons. The first kappa shape index (κ1) is 24.9. The number of ketones is 2. The van der Waals surface area contributed by atoms with Gasteiger partial charge in [-0.3, -0.25) is 9.59 Å². The number of Topliss-reactive ketones (excluding diaryl/α,β-unsaturated/α-hetero) is 1. The highest BCUT2D eigenvalue weighted by Crippen LogP contribution is 2.61. The van der Waals surface area contributed by atoms with E-state index in [2.05, 4.69) is 0 Å². The van der Waals surface area contributed by atoms with Crippen LogP contribution in [0.5, 0.6) is 11.5 Å². The summed E-state index contributed by atoms with van der Waals surface area (Å²) in [5, 5.41) is 11.3. The summed E-state index contributed by atoms with van der Waals surface area (Å²) in [6.07, 6.45) is 3.42. The van der Waals surface area contributed by atoms with Crippen LogP contribution in [0, 0.1) is 11.3 Å². The molecular formula is C30H29N3O6. The van der Waals surface area contributed by atoms with Crippen LogP contribution >= 0.6 is 0 Å². The molecule has 1 saturated carbocycles. The molecule has 0 radical (unpaired) electrons. The van der Waals surface area contributed by atoms with Crippen LogP contribution in [0.4, 0.5) is 0 Å². The number of hydrogen-bond acceptors (Lipinski definition) is 6. The number of benzene rings is 2. The number of nitrogens with zero attached hydrogens (tertiary/aromatic N) is 3. The number of phenolic OH excluding ortho intramolecular Hbond substituents is 1. The quantitative estimate of drug-likeness (QED) is 0.521. The summed E-state index contributed by atoms with van der Waals surface area (Å²) >= 11 is 0. The van der Waals surface area contributed by atoms with E-state index < -0.39 is 34.7 Å². The van der Waals surface area contributed by atoms with E-state index in [1.807, 2.05) is 13.0 Å². The lowest BCUT2D eigenvalue weighted by atomic mass is 9.51. The van der Waals surface area contributed by atoms with E-state index in [1.54, 1.807) is 62.4 Å². The van der Waals surface area contributed by atoms with Gasteiger partial charge in [-0.2, -0.15) is 0 Å². The summed E-state index contributed by atoms with van der Waals surface area (Å²) in [7, 11) is 0. The molecule has 3 aliphatic rings. The fourth-order valence-corrected chi connectivity index (χ4v) is 6.84. The number of aromatic hydroxyl groups is 1. The molecule has 9 heteroatoms. The van der Waals surface area contributed by atoms with E-state index in [0.717, 1.165) is 10.1 Å². The molecule has 0 amide bonds. The molecule has 1 N–H and O–H groups in total. The van der Waals surface area contributed by atoms with E-state index in [9.17, 15) is 24.3 Å². The lowest BCUT2D eigenvalue weighted by Crippen LogP contribution is -2.54. The molecule has 6 rings (SSSR count). The second-order valence-electron chi connectivity index (χ2n) is 10.6. The van der Waals surface area contributed by atoms with E-state index in [1.165, 1.54) is 15.4 Å². The minimum atomic E-state index is -1.20. The van der Waals surface area contributed by atoms with E-state index in [0.29, 0.717) is 23.4 Å². The lowest BCUT2D eigenvalue weighted by Gasteiger charge is -2.52. The van der Waals surface area contributed by atoms with Crippen LogP contribution in [0.25, 0.3) is 5.69 Å². The molecule has 0 spiro atoms. The fraction of sp³-hybridized carbons (Fsp3) is 0.333. The van der Waals surface area contributed by atoms with Crippen molar-refractivity contribution >= 4 is 11.6 Å². The number of carbonyl (C=O) groups excluding carboxylic acids is 2. The summed E-state index contributed by atoms with van der Waals surface area (Å²) < 4.78 is 9.58. The SMILES string of the molecule is CCOc1cccc([C@H]2C3=CCn4c(=O)n(-c5ccccc5)c(=O)n4[C@@H]3C[C@H]3C(=O)C=C(C)C(=O)[C@@]23C)c1O. The molecule has 3 aromatic rings. The van der Waals surface area contributed by atoms with Crippen LogP contribution in [-0.2, 0) is 16.1 Å². The summed E-state index contributed by atoms with van der Waals surface area (Å²) in [4.78, 5) is 54.6. The number of phenols is 1. The Morgan fingerprint density at radius 2 is 1.77 bits per heavy atom. The average Bonchev–Trinajstić information content (AvgIpc) is 3.18. The Balaban J connectivity index is 1.60. The Morgan fingerprint density at radius 3 is 2.49 bits per heavy atom. The van der Waals surface area contributed by atoms with Crippen LogP contribution in [0.15, 0.2) is 81.4 Å². The normalized spacial score (nSPS) is 25.8. The first-order valence-corrected chi connectivity index (χ1v) is 13.1. The summed E-state index contributed by atoms with van der Waals surface area (Å²) in [5.41, 5.74) is -0.206. The molecule has 0 bridgehead atoms.